The van der Waals surface area contributed by atoms with Crippen LogP contribution in [0.5, 0.6) is 0 Å². The number of thiophene rings is 1. The number of hydrogen-bond acceptors (Lipinski definition) is 2. The third kappa shape index (κ3) is 2.72. The molecule has 2 unspecified atom stereocenters. The molecular formula is C16H18FNS. The Morgan fingerprint density at radius 3 is 3.05 bits per heavy atom. The van der Waals surface area contributed by atoms with E-state index in [9.17, 15) is 4.39 Å². The lowest BCUT2D eigenvalue weighted by atomic mass is 10.1. The van der Waals surface area contributed by atoms with Crippen molar-refractivity contribution >= 4 is 11.3 Å². The maximum absolute atomic E-state index is 13.7. The lowest BCUT2D eigenvalue weighted by molar-refractivity contribution is 0.453. The van der Waals surface area contributed by atoms with Crippen LogP contribution >= 0.6 is 11.3 Å². The Morgan fingerprint density at radius 1 is 1.37 bits per heavy atom. The third-order valence-corrected chi connectivity index (χ3v) is 4.69. The van der Waals surface area contributed by atoms with Gasteiger partial charge < -0.3 is 5.32 Å². The van der Waals surface area contributed by atoms with E-state index in [0.29, 0.717) is 12.1 Å². The highest BCUT2D eigenvalue weighted by atomic mass is 32.1. The van der Waals surface area contributed by atoms with Gasteiger partial charge in [-0.1, -0.05) is 18.2 Å². The highest BCUT2D eigenvalue weighted by molar-refractivity contribution is 7.09. The Balaban J connectivity index is 1.68. The van der Waals surface area contributed by atoms with Crippen molar-refractivity contribution in [1.29, 1.82) is 0 Å². The average Bonchev–Trinajstić information content (AvgIpc) is 3.01. The fraction of sp³-hybridized carbons (Fsp3) is 0.375. The molecule has 0 radical (unpaired) electrons. The van der Waals surface area contributed by atoms with Crippen LogP contribution < -0.4 is 5.32 Å². The molecule has 0 saturated carbocycles. The quantitative estimate of drug-likeness (QED) is 0.886. The van der Waals surface area contributed by atoms with Gasteiger partial charge in [0.15, 0.2) is 0 Å². The van der Waals surface area contributed by atoms with Gasteiger partial charge in [0.2, 0.25) is 0 Å². The molecule has 3 heteroatoms. The molecule has 0 bridgehead atoms. The van der Waals surface area contributed by atoms with Crippen molar-refractivity contribution in [3.05, 3.63) is 57.5 Å². The molecule has 0 saturated heterocycles. The van der Waals surface area contributed by atoms with Gasteiger partial charge in [-0.05, 0) is 54.8 Å². The highest BCUT2D eigenvalue weighted by Gasteiger charge is 2.25. The number of halogens is 1. The van der Waals surface area contributed by atoms with Gasteiger partial charge in [-0.25, -0.2) is 4.39 Å². The van der Waals surface area contributed by atoms with Gasteiger partial charge in [0.25, 0.3) is 0 Å². The molecule has 1 aromatic heterocycles. The van der Waals surface area contributed by atoms with E-state index in [-0.39, 0.29) is 5.82 Å². The summed E-state index contributed by atoms with van der Waals surface area (Å²) in [5.41, 5.74) is 2.06. The van der Waals surface area contributed by atoms with Crippen molar-refractivity contribution in [1.82, 2.24) is 5.32 Å². The minimum atomic E-state index is -0.0484. The molecule has 3 rings (SSSR count). The SMILES string of the molecule is CC(Cc1cccs1)NC1CCc2c(F)cccc21. The Kier molecular flexibility index (Phi) is 3.67. The fourth-order valence-electron chi connectivity index (χ4n) is 2.92. The minimum absolute atomic E-state index is 0.0484. The van der Waals surface area contributed by atoms with Crippen LogP contribution in [0.4, 0.5) is 4.39 Å². The molecule has 1 aliphatic carbocycles. The second-order valence-electron chi connectivity index (χ2n) is 5.25. The van der Waals surface area contributed by atoms with E-state index >= 15 is 0 Å². The van der Waals surface area contributed by atoms with Gasteiger partial charge in [-0.2, -0.15) is 0 Å². The van der Waals surface area contributed by atoms with Gasteiger partial charge in [-0.3, -0.25) is 0 Å². The summed E-state index contributed by atoms with van der Waals surface area (Å²) in [6.45, 7) is 2.21. The Bertz CT molecular complexity index is 550. The van der Waals surface area contributed by atoms with E-state index in [1.807, 2.05) is 6.07 Å². The van der Waals surface area contributed by atoms with E-state index in [1.54, 1.807) is 17.4 Å². The van der Waals surface area contributed by atoms with Gasteiger partial charge in [-0.15, -0.1) is 11.3 Å². The van der Waals surface area contributed by atoms with Crippen LogP contribution in [-0.4, -0.2) is 6.04 Å². The molecule has 2 atom stereocenters. The second kappa shape index (κ2) is 5.43. The molecule has 1 aliphatic rings. The smallest absolute Gasteiger partial charge is 0.126 e. The molecule has 0 aliphatic heterocycles. The first-order valence-electron chi connectivity index (χ1n) is 6.80. The maximum Gasteiger partial charge on any atom is 0.126 e. The lowest BCUT2D eigenvalue weighted by Gasteiger charge is -2.20. The number of rotatable bonds is 4. The Labute approximate surface area is 117 Å². The zero-order valence-electron chi connectivity index (χ0n) is 11.0. The van der Waals surface area contributed by atoms with Crippen LogP contribution in [0, 0.1) is 5.82 Å². The summed E-state index contributed by atoms with van der Waals surface area (Å²) in [4.78, 5) is 1.40. The molecule has 1 heterocycles. The van der Waals surface area contributed by atoms with Crippen LogP contribution in [-0.2, 0) is 12.8 Å². The number of fused-ring (bicyclic) bond motifs is 1. The fourth-order valence-corrected chi connectivity index (χ4v) is 3.75. The first-order chi connectivity index (χ1) is 9.24. The third-order valence-electron chi connectivity index (χ3n) is 3.79. The van der Waals surface area contributed by atoms with E-state index < -0.39 is 0 Å². The first kappa shape index (κ1) is 12.8. The summed E-state index contributed by atoms with van der Waals surface area (Å²) in [6, 6.07) is 10.4. The molecule has 1 aromatic carbocycles. The highest BCUT2D eigenvalue weighted by Crippen LogP contribution is 2.33. The molecule has 0 fully saturated rings. The van der Waals surface area contributed by atoms with Crippen LogP contribution in [0.3, 0.4) is 0 Å². The Morgan fingerprint density at radius 2 is 2.26 bits per heavy atom. The van der Waals surface area contributed by atoms with E-state index in [4.69, 9.17) is 0 Å². The summed E-state index contributed by atoms with van der Waals surface area (Å²) in [5, 5.41) is 5.75. The van der Waals surface area contributed by atoms with Crippen molar-refractivity contribution in [2.24, 2.45) is 0 Å². The molecule has 2 aromatic rings. The second-order valence-corrected chi connectivity index (χ2v) is 6.28. The molecule has 1 N–H and O–H groups in total. The van der Waals surface area contributed by atoms with Gasteiger partial charge >= 0.3 is 0 Å². The van der Waals surface area contributed by atoms with Crippen molar-refractivity contribution in [3.63, 3.8) is 0 Å². The maximum atomic E-state index is 13.7. The number of benzene rings is 1. The molecule has 0 amide bonds. The summed E-state index contributed by atoms with van der Waals surface area (Å²) in [5.74, 6) is -0.0484. The molecule has 100 valence electrons. The van der Waals surface area contributed by atoms with E-state index in [2.05, 4.69) is 35.8 Å². The summed E-state index contributed by atoms with van der Waals surface area (Å²) in [7, 11) is 0. The molecule has 1 nitrogen and oxygen atoms in total. The van der Waals surface area contributed by atoms with Crippen molar-refractivity contribution in [3.8, 4) is 0 Å². The van der Waals surface area contributed by atoms with Crippen LogP contribution in [0.2, 0.25) is 0 Å². The topological polar surface area (TPSA) is 12.0 Å². The summed E-state index contributed by atoms with van der Waals surface area (Å²) >= 11 is 1.80. The predicted molar refractivity (Wildman–Crippen MR) is 78.1 cm³/mol. The average molecular weight is 275 g/mol. The van der Waals surface area contributed by atoms with Crippen LogP contribution in [0.25, 0.3) is 0 Å². The Hall–Kier alpha value is -1.19. The summed E-state index contributed by atoms with van der Waals surface area (Å²) < 4.78 is 13.7. The lowest BCUT2D eigenvalue weighted by Crippen LogP contribution is -2.30. The van der Waals surface area contributed by atoms with Gasteiger partial charge in [0, 0.05) is 17.0 Å². The molecule has 19 heavy (non-hydrogen) atoms. The van der Waals surface area contributed by atoms with Crippen LogP contribution in [0.1, 0.15) is 35.4 Å². The number of nitrogens with one attached hydrogen (secondary N) is 1. The number of hydrogen-bond donors (Lipinski definition) is 1. The monoisotopic (exact) mass is 275 g/mol. The minimum Gasteiger partial charge on any atom is -0.307 e. The summed E-state index contributed by atoms with van der Waals surface area (Å²) in [6.07, 6.45) is 2.90. The zero-order valence-corrected chi connectivity index (χ0v) is 11.8. The zero-order chi connectivity index (χ0) is 13.2. The van der Waals surface area contributed by atoms with Crippen molar-refractivity contribution < 1.29 is 4.39 Å². The molecule has 0 spiro atoms. The standard InChI is InChI=1S/C16H18FNS/c1-11(10-12-4-3-9-19-12)18-16-8-7-13-14(16)5-2-6-15(13)17/h2-6,9,11,16,18H,7-8,10H2,1H3. The van der Waals surface area contributed by atoms with Gasteiger partial charge in [0.1, 0.15) is 5.82 Å². The van der Waals surface area contributed by atoms with Crippen molar-refractivity contribution in [2.75, 3.05) is 0 Å². The van der Waals surface area contributed by atoms with E-state index in [0.717, 1.165) is 30.4 Å². The predicted octanol–water partition coefficient (Wildman–Crippen LogP) is 4.10. The van der Waals surface area contributed by atoms with E-state index in [1.165, 1.54) is 4.88 Å². The largest absolute Gasteiger partial charge is 0.307 e. The van der Waals surface area contributed by atoms with Crippen molar-refractivity contribution in [2.45, 2.75) is 38.3 Å². The first-order valence-corrected chi connectivity index (χ1v) is 7.67. The van der Waals surface area contributed by atoms with Gasteiger partial charge in [0.05, 0.1) is 0 Å². The molecular weight excluding hydrogens is 257 g/mol. The van der Waals surface area contributed by atoms with Crippen LogP contribution in [0.15, 0.2) is 35.7 Å². The normalized spacial score (nSPS) is 19.4.